The Morgan fingerprint density at radius 2 is 1.79 bits per heavy atom. The minimum absolute atomic E-state index is 0.0562. The first-order valence-electron chi connectivity index (χ1n) is 12.6. The molecule has 0 radical (unpaired) electrons. The topological polar surface area (TPSA) is 183 Å². The highest BCUT2D eigenvalue weighted by atomic mass is 32.3. The van der Waals surface area contributed by atoms with Crippen molar-refractivity contribution >= 4 is 28.5 Å². The van der Waals surface area contributed by atoms with Crippen LogP contribution in [0, 0.1) is 5.92 Å². The second kappa shape index (κ2) is 13.3. The lowest BCUT2D eigenvalue weighted by Crippen LogP contribution is -2.51. The maximum absolute atomic E-state index is 12.8. The van der Waals surface area contributed by atoms with Crippen molar-refractivity contribution in [2.24, 2.45) is 11.7 Å². The summed E-state index contributed by atoms with van der Waals surface area (Å²) in [6.07, 6.45) is -1.93. The first kappa shape index (κ1) is 29.7. The number of carbonyl (C=O) groups excluding carboxylic acids is 2. The van der Waals surface area contributed by atoms with E-state index in [1.165, 1.54) is 4.31 Å². The van der Waals surface area contributed by atoms with Crippen molar-refractivity contribution in [1.82, 2.24) is 14.9 Å². The number of nitrogens with two attached hydrogens (primary N) is 2. The van der Waals surface area contributed by atoms with E-state index in [0.29, 0.717) is 5.69 Å². The van der Waals surface area contributed by atoms with Crippen LogP contribution in [0.3, 0.4) is 0 Å². The van der Waals surface area contributed by atoms with Crippen molar-refractivity contribution in [2.45, 2.75) is 55.9 Å². The number of benzene rings is 2. The molecule has 1 aliphatic rings. The zero-order valence-electron chi connectivity index (χ0n) is 21.7. The molecule has 11 nitrogen and oxygen atoms in total. The fourth-order valence-corrected chi connectivity index (χ4v) is 5.99. The van der Waals surface area contributed by atoms with E-state index in [1.807, 2.05) is 44.2 Å². The molecule has 1 fully saturated rings. The Balaban J connectivity index is 1.76. The van der Waals surface area contributed by atoms with Gasteiger partial charge in [-0.15, -0.1) is 10.8 Å². The normalized spacial score (nSPS) is 19.8. The second-order valence-corrected chi connectivity index (χ2v) is 12.0. The van der Waals surface area contributed by atoms with Crippen LogP contribution in [-0.2, 0) is 16.0 Å². The third kappa shape index (κ3) is 8.32. The SMILES string of the molecule is CC(C)CN(C[C@@H](O)[C@H](Cc1ccccc1)NC(=O)O[C@H]1CN[C@H](C(N)=O)C1)S(O)(O)c1ccc(N)cc1. The Kier molecular flexibility index (Phi) is 10.4. The van der Waals surface area contributed by atoms with Gasteiger partial charge in [-0.3, -0.25) is 13.9 Å². The number of aliphatic hydroxyl groups is 1. The minimum Gasteiger partial charge on any atom is -0.445 e. The molecule has 38 heavy (non-hydrogen) atoms. The van der Waals surface area contributed by atoms with Gasteiger partial charge in [-0.25, -0.2) is 4.79 Å². The van der Waals surface area contributed by atoms with E-state index < -0.39 is 47.1 Å². The first-order chi connectivity index (χ1) is 18.0. The third-order valence-electron chi connectivity index (χ3n) is 6.29. The van der Waals surface area contributed by atoms with Crippen LogP contribution < -0.4 is 22.1 Å². The van der Waals surface area contributed by atoms with Crippen LogP contribution in [0.4, 0.5) is 10.5 Å². The number of anilines is 1. The Hall–Kier alpha value is -2.87. The van der Waals surface area contributed by atoms with Gasteiger partial charge in [0.15, 0.2) is 0 Å². The lowest BCUT2D eigenvalue weighted by molar-refractivity contribution is -0.119. The molecule has 0 saturated carbocycles. The van der Waals surface area contributed by atoms with Crippen LogP contribution in [-0.4, -0.2) is 74.4 Å². The summed E-state index contributed by atoms with van der Waals surface area (Å²) in [6.45, 7) is 4.32. The van der Waals surface area contributed by atoms with E-state index >= 15 is 0 Å². The molecule has 1 heterocycles. The molecule has 12 heteroatoms. The summed E-state index contributed by atoms with van der Waals surface area (Å²) in [7, 11) is -3.45. The molecule has 0 aliphatic carbocycles. The molecule has 0 aromatic heterocycles. The van der Waals surface area contributed by atoms with Gasteiger partial charge in [-0.1, -0.05) is 44.2 Å². The Morgan fingerprint density at radius 3 is 2.37 bits per heavy atom. The average molecular weight is 550 g/mol. The molecule has 2 amide bonds. The number of nitrogen functional groups attached to an aromatic ring is 1. The van der Waals surface area contributed by atoms with E-state index in [2.05, 4.69) is 10.6 Å². The highest BCUT2D eigenvalue weighted by Gasteiger charge is 2.34. The highest BCUT2D eigenvalue weighted by molar-refractivity contribution is 8.22. The number of amides is 2. The summed E-state index contributed by atoms with van der Waals surface area (Å²) in [5, 5.41) is 17.0. The zero-order chi connectivity index (χ0) is 27.9. The van der Waals surface area contributed by atoms with Crippen LogP contribution in [0.2, 0.25) is 0 Å². The maximum Gasteiger partial charge on any atom is 0.407 e. The van der Waals surface area contributed by atoms with Crippen molar-refractivity contribution in [1.29, 1.82) is 0 Å². The van der Waals surface area contributed by atoms with Gasteiger partial charge in [-0.2, -0.15) is 4.31 Å². The second-order valence-electron chi connectivity index (χ2n) is 9.96. The number of nitrogens with one attached hydrogen (secondary N) is 2. The van der Waals surface area contributed by atoms with Gasteiger partial charge in [0.2, 0.25) is 5.91 Å². The summed E-state index contributed by atoms with van der Waals surface area (Å²) < 4.78 is 29.3. The predicted octanol–water partition coefficient (Wildman–Crippen LogP) is 2.17. The average Bonchev–Trinajstić information content (AvgIpc) is 3.32. The van der Waals surface area contributed by atoms with Gasteiger partial charge in [0.25, 0.3) is 0 Å². The van der Waals surface area contributed by atoms with Gasteiger partial charge in [0.05, 0.1) is 23.1 Å². The summed E-state index contributed by atoms with van der Waals surface area (Å²) >= 11 is 0. The Morgan fingerprint density at radius 1 is 1.13 bits per heavy atom. The number of aliphatic hydroxyl groups excluding tert-OH is 1. The number of hydrogen-bond donors (Lipinski definition) is 7. The molecule has 1 saturated heterocycles. The van der Waals surface area contributed by atoms with Crippen molar-refractivity contribution in [3.8, 4) is 0 Å². The van der Waals surface area contributed by atoms with Crippen LogP contribution in [0.5, 0.6) is 0 Å². The fraction of sp³-hybridized carbons (Fsp3) is 0.462. The molecule has 3 rings (SSSR count). The summed E-state index contributed by atoms with van der Waals surface area (Å²) in [5.74, 6) is -0.458. The lowest BCUT2D eigenvalue weighted by atomic mass is 10.0. The molecule has 0 unspecified atom stereocenters. The Bertz CT molecular complexity index is 1060. The number of nitrogens with zero attached hydrogens (tertiary/aromatic N) is 1. The molecule has 2 aromatic rings. The van der Waals surface area contributed by atoms with Gasteiger partial charge in [0, 0.05) is 31.7 Å². The van der Waals surface area contributed by atoms with Crippen molar-refractivity contribution < 1.29 is 28.5 Å². The first-order valence-corrected chi connectivity index (χ1v) is 14.1. The van der Waals surface area contributed by atoms with E-state index in [9.17, 15) is 23.8 Å². The summed E-state index contributed by atoms with van der Waals surface area (Å²) in [4.78, 5) is 24.5. The molecule has 210 valence electrons. The van der Waals surface area contributed by atoms with Gasteiger partial charge < -0.3 is 31.9 Å². The monoisotopic (exact) mass is 549 g/mol. The van der Waals surface area contributed by atoms with Gasteiger partial charge in [-0.05, 0) is 42.2 Å². The standard InChI is InChI=1S/C26H39N5O6S/c1-17(2)15-31(38(35,36)21-10-8-19(27)9-11-21)16-24(32)22(12-18-6-4-3-5-7-18)30-26(34)37-20-13-23(25(28)33)29-14-20/h3-11,17,20,22-24,29,32,35-36H,12-16,27H2,1-2H3,(H2,28,33)(H,30,34)/t20-,22+,23+,24-/m1/s1. The number of primary amides is 1. The molecule has 1 aliphatic heterocycles. The lowest BCUT2D eigenvalue weighted by Gasteiger charge is -2.45. The molecular weight excluding hydrogens is 510 g/mol. The van der Waals surface area contributed by atoms with Crippen LogP contribution in [0.15, 0.2) is 59.5 Å². The third-order valence-corrected chi connectivity index (χ3v) is 8.21. The molecule has 4 atom stereocenters. The molecule has 0 bridgehead atoms. The van der Waals surface area contributed by atoms with Gasteiger partial charge in [0.1, 0.15) is 6.10 Å². The zero-order valence-corrected chi connectivity index (χ0v) is 22.5. The maximum atomic E-state index is 12.8. The number of ether oxygens (including phenoxy) is 1. The molecule has 9 N–H and O–H groups in total. The fourth-order valence-electron chi connectivity index (χ4n) is 4.32. The number of carbonyl (C=O) groups is 2. The van der Waals surface area contributed by atoms with E-state index in [4.69, 9.17) is 16.2 Å². The summed E-state index contributed by atoms with van der Waals surface area (Å²) in [6, 6.07) is 14.2. The van der Waals surface area contributed by atoms with E-state index in [-0.39, 0.29) is 43.3 Å². The quantitative estimate of drug-likeness (QED) is 0.195. The molecule has 2 aromatic carbocycles. The predicted molar refractivity (Wildman–Crippen MR) is 147 cm³/mol. The Labute approximate surface area is 225 Å². The van der Waals surface area contributed by atoms with Crippen LogP contribution in [0.25, 0.3) is 0 Å². The number of rotatable bonds is 12. The van der Waals surface area contributed by atoms with Crippen molar-refractivity contribution in [3.63, 3.8) is 0 Å². The number of hydrogen-bond acceptors (Lipinski definition) is 9. The highest BCUT2D eigenvalue weighted by Crippen LogP contribution is 2.52. The molecule has 0 spiro atoms. The van der Waals surface area contributed by atoms with E-state index in [0.717, 1.165) is 5.56 Å². The van der Waals surface area contributed by atoms with Crippen LogP contribution >= 0.6 is 10.8 Å². The van der Waals surface area contributed by atoms with Crippen molar-refractivity contribution in [3.05, 3.63) is 60.2 Å². The van der Waals surface area contributed by atoms with E-state index in [1.54, 1.807) is 24.3 Å². The smallest absolute Gasteiger partial charge is 0.407 e. The largest absolute Gasteiger partial charge is 0.445 e. The number of alkyl carbamates (subject to hydrolysis) is 1. The van der Waals surface area contributed by atoms with Crippen LogP contribution in [0.1, 0.15) is 25.8 Å². The molecular formula is C26H39N5O6S. The summed E-state index contributed by atoms with van der Waals surface area (Å²) in [5.41, 5.74) is 12.4. The van der Waals surface area contributed by atoms with Crippen molar-refractivity contribution in [2.75, 3.05) is 25.4 Å². The minimum atomic E-state index is -3.45. The van der Waals surface area contributed by atoms with Gasteiger partial charge >= 0.3 is 6.09 Å².